The summed E-state index contributed by atoms with van der Waals surface area (Å²) in [6.45, 7) is 1.79. The van der Waals surface area contributed by atoms with E-state index in [2.05, 4.69) is 4.98 Å². The lowest BCUT2D eigenvalue weighted by molar-refractivity contribution is -0.140. The molecule has 5 heteroatoms. The first-order valence-corrected chi connectivity index (χ1v) is 4.83. The summed E-state index contributed by atoms with van der Waals surface area (Å²) in [5.74, 6) is 0. The molecule has 0 aliphatic rings. The van der Waals surface area contributed by atoms with E-state index in [0.717, 1.165) is 11.6 Å². The van der Waals surface area contributed by atoms with Crippen molar-refractivity contribution < 1.29 is 13.2 Å². The van der Waals surface area contributed by atoms with E-state index in [4.69, 9.17) is 5.73 Å². The highest BCUT2D eigenvalue weighted by Gasteiger charge is 2.32. The standard InChI is InChI=1S/C11H11F3N2/c1-6(15)7-2-3-9-8(4-7)5-10(16-9)11(12,13)14/h2-6,16H,15H2,1H3. The number of aromatic amines is 1. The molecule has 0 fully saturated rings. The summed E-state index contributed by atoms with van der Waals surface area (Å²) in [4.78, 5) is 2.34. The average Bonchev–Trinajstić information content (AvgIpc) is 2.58. The molecule has 1 aromatic carbocycles. The van der Waals surface area contributed by atoms with E-state index in [0.29, 0.717) is 10.9 Å². The number of fused-ring (bicyclic) bond motifs is 1. The van der Waals surface area contributed by atoms with Crippen LogP contribution in [0.25, 0.3) is 10.9 Å². The van der Waals surface area contributed by atoms with E-state index in [1.165, 1.54) is 0 Å². The van der Waals surface area contributed by atoms with Crippen LogP contribution in [-0.4, -0.2) is 4.98 Å². The quantitative estimate of drug-likeness (QED) is 0.773. The number of alkyl halides is 3. The molecule has 0 spiro atoms. The van der Waals surface area contributed by atoms with Crippen molar-refractivity contribution in [2.24, 2.45) is 5.73 Å². The summed E-state index contributed by atoms with van der Waals surface area (Å²) in [6.07, 6.45) is -4.34. The first-order valence-electron chi connectivity index (χ1n) is 4.83. The van der Waals surface area contributed by atoms with E-state index < -0.39 is 11.9 Å². The first kappa shape index (κ1) is 11.0. The summed E-state index contributed by atoms with van der Waals surface area (Å²) in [7, 11) is 0. The van der Waals surface area contributed by atoms with Crippen LogP contribution in [0, 0.1) is 0 Å². The number of nitrogens with two attached hydrogens (primary N) is 1. The Kier molecular flexibility index (Phi) is 2.42. The maximum atomic E-state index is 12.4. The van der Waals surface area contributed by atoms with Crippen LogP contribution in [0.15, 0.2) is 24.3 Å². The van der Waals surface area contributed by atoms with E-state index in [1.807, 2.05) is 0 Å². The van der Waals surface area contributed by atoms with E-state index >= 15 is 0 Å². The zero-order chi connectivity index (χ0) is 11.9. The highest BCUT2D eigenvalue weighted by atomic mass is 19.4. The van der Waals surface area contributed by atoms with Crippen molar-refractivity contribution in [1.29, 1.82) is 0 Å². The van der Waals surface area contributed by atoms with Crippen molar-refractivity contribution in [3.63, 3.8) is 0 Å². The molecule has 0 aliphatic carbocycles. The summed E-state index contributed by atoms with van der Waals surface area (Å²) >= 11 is 0. The van der Waals surface area contributed by atoms with Gasteiger partial charge in [-0.1, -0.05) is 6.07 Å². The summed E-state index contributed by atoms with van der Waals surface area (Å²) in [5.41, 5.74) is 6.22. The first-order chi connectivity index (χ1) is 7.38. The lowest BCUT2D eigenvalue weighted by Crippen LogP contribution is -2.04. The molecule has 0 saturated carbocycles. The molecule has 2 aromatic rings. The van der Waals surface area contributed by atoms with Gasteiger partial charge in [0.2, 0.25) is 0 Å². The molecule has 0 radical (unpaired) electrons. The number of hydrogen-bond acceptors (Lipinski definition) is 1. The molecule has 0 bridgehead atoms. The van der Waals surface area contributed by atoms with Crippen LogP contribution in [0.1, 0.15) is 24.2 Å². The van der Waals surface area contributed by atoms with Crippen molar-refractivity contribution in [2.45, 2.75) is 19.1 Å². The third-order valence-electron chi connectivity index (χ3n) is 2.48. The molecular weight excluding hydrogens is 217 g/mol. The third-order valence-corrected chi connectivity index (χ3v) is 2.48. The summed E-state index contributed by atoms with van der Waals surface area (Å²) in [6, 6.07) is 5.92. The zero-order valence-corrected chi connectivity index (χ0v) is 8.60. The van der Waals surface area contributed by atoms with Crippen LogP contribution < -0.4 is 5.73 Å². The molecule has 86 valence electrons. The van der Waals surface area contributed by atoms with Crippen LogP contribution in [-0.2, 0) is 6.18 Å². The Morgan fingerprint density at radius 1 is 1.25 bits per heavy atom. The van der Waals surface area contributed by atoms with E-state index in [1.54, 1.807) is 25.1 Å². The van der Waals surface area contributed by atoms with E-state index in [-0.39, 0.29) is 6.04 Å². The molecule has 0 amide bonds. The van der Waals surface area contributed by atoms with Crippen LogP contribution >= 0.6 is 0 Å². The predicted octanol–water partition coefficient (Wildman–Crippen LogP) is 3.21. The molecule has 2 nitrogen and oxygen atoms in total. The molecule has 0 aliphatic heterocycles. The van der Waals surface area contributed by atoms with Gasteiger partial charge < -0.3 is 10.7 Å². The predicted molar refractivity (Wildman–Crippen MR) is 55.9 cm³/mol. The molecule has 3 N–H and O–H groups in total. The van der Waals surface area contributed by atoms with Gasteiger partial charge >= 0.3 is 6.18 Å². The number of benzene rings is 1. The van der Waals surface area contributed by atoms with Gasteiger partial charge in [0, 0.05) is 16.9 Å². The third kappa shape index (κ3) is 1.90. The number of nitrogens with one attached hydrogen (secondary N) is 1. The fraction of sp³-hybridized carbons (Fsp3) is 0.273. The van der Waals surface area contributed by atoms with Crippen molar-refractivity contribution in [2.75, 3.05) is 0 Å². The number of H-pyrrole nitrogens is 1. The summed E-state index contributed by atoms with van der Waals surface area (Å²) in [5, 5.41) is 0.530. The molecule has 1 aromatic heterocycles. The number of rotatable bonds is 1. The highest BCUT2D eigenvalue weighted by molar-refractivity contribution is 5.81. The van der Waals surface area contributed by atoms with Crippen LogP contribution in [0.2, 0.25) is 0 Å². The van der Waals surface area contributed by atoms with Gasteiger partial charge in [-0.25, -0.2) is 0 Å². The minimum atomic E-state index is -4.34. The molecule has 1 heterocycles. The van der Waals surface area contributed by atoms with Crippen LogP contribution in [0.3, 0.4) is 0 Å². The molecule has 2 rings (SSSR count). The number of aromatic nitrogens is 1. The Bertz CT molecular complexity index is 511. The lowest BCUT2D eigenvalue weighted by atomic mass is 10.1. The second kappa shape index (κ2) is 3.52. The monoisotopic (exact) mass is 228 g/mol. The Hall–Kier alpha value is -1.49. The molecule has 1 unspecified atom stereocenters. The molecule has 1 atom stereocenters. The number of halogens is 3. The van der Waals surface area contributed by atoms with Gasteiger partial charge in [0.25, 0.3) is 0 Å². The van der Waals surface area contributed by atoms with E-state index in [9.17, 15) is 13.2 Å². The van der Waals surface area contributed by atoms with Gasteiger partial charge in [0.15, 0.2) is 0 Å². The normalized spacial score (nSPS) is 14.3. The second-order valence-corrected chi connectivity index (χ2v) is 3.82. The lowest BCUT2D eigenvalue weighted by Gasteiger charge is -2.04. The van der Waals surface area contributed by atoms with Gasteiger partial charge in [-0.15, -0.1) is 0 Å². The van der Waals surface area contributed by atoms with Gasteiger partial charge in [0.1, 0.15) is 5.69 Å². The Morgan fingerprint density at radius 3 is 2.50 bits per heavy atom. The maximum absolute atomic E-state index is 12.4. The second-order valence-electron chi connectivity index (χ2n) is 3.82. The summed E-state index contributed by atoms with van der Waals surface area (Å²) < 4.78 is 37.3. The van der Waals surface area contributed by atoms with Crippen LogP contribution in [0.4, 0.5) is 13.2 Å². The fourth-order valence-corrected chi connectivity index (χ4v) is 1.59. The Morgan fingerprint density at radius 2 is 1.94 bits per heavy atom. The smallest absolute Gasteiger partial charge is 0.351 e. The SMILES string of the molecule is CC(N)c1ccc2[nH]c(C(F)(F)F)cc2c1. The van der Waals surface area contributed by atoms with Crippen molar-refractivity contribution >= 4 is 10.9 Å². The topological polar surface area (TPSA) is 41.8 Å². The number of hydrogen-bond donors (Lipinski definition) is 2. The minimum Gasteiger partial charge on any atom is -0.351 e. The van der Waals surface area contributed by atoms with Crippen molar-refractivity contribution in [3.05, 3.63) is 35.5 Å². The van der Waals surface area contributed by atoms with Gasteiger partial charge in [-0.05, 0) is 30.7 Å². The molecule has 0 saturated heterocycles. The van der Waals surface area contributed by atoms with Crippen LogP contribution in [0.5, 0.6) is 0 Å². The van der Waals surface area contributed by atoms with Crippen molar-refractivity contribution in [1.82, 2.24) is 4.98 Å². The minimum absolute atomic E-state index is 0.186. The Labute approximate surface area is 90.3 Å². The molecular formula is C11H11F3N2. The maximum Gasteiger partial charge on any atom is 0.431 e. The van der Waals surface area contributed by atoms with Gasteiger partial charge in [-0.2, -0.15) is 13.2 Å². The Balaban J connectivity index is 2.54. The van der Waals surface area contributed by atoms with Gasteiger partial charge in [0.05, 0.1) is 0 Å². The van der Waals surface area contributed by atoms with Gasteiger partial charge in [-0.3, -0.25) is 0 Å². The van der Waals surface area contributed by atoms with Crippen molar-refractivity contribution in [3.8, 4) is 0 Å². The highest BCUT2D eigenvalue weighted by Crippen LogP contribution is 2.31. The zero-order valence-electron chi connectivity index (χ0n) is 8.60. The largest absolute Gasteiger partial charge is 0.431 e. The fourth-order valence-electron chi connectivity index (χ4n) is 1.59. The average molecular weight is 228 g/mol. The molecule has 16 heavy (non-hydrogen) atoms.